The summed E-state index contributed by atoms with van der Waals surface area (Å²) in [7, 11) is 0. The van der Waals surface area contributed by atoms with Gasteiger partial charge in [0.1, 0.15) is 0 Å². The maximum absolute atomic E-state index is 12.1. The molecule has 18 heavy (non-hydrogen) atoms. The highest BCUT2D eigenvalue weighted by molar-refractivity contribution is 7.12. The van der Waals surface area contributed by atoms with Crippen molar-refractivity contribution in [3.63, 3.8) is 0 Å². The summed E-state index contributed by atoms with van der Waals surface area (Å²) in [5.74, 6) is 0.158. The lowest BCUT2D eigenvalue weighted by molar-refractivity contribution is 0.00858. The number of carbonyl (C=O) groups is 1. The second-order valence-corrected chi connectivity index (χ2v) is 5.43. The highest BCUT2D eigenvalue weighted by atomic mass is 32.1. The molecule has 2 heterocycles. The highest BCUT2D eigenvalue weighted by Gasteiger charge is 2.24. The fraction of sp³-hybridized carbons (Fsp3) is 0.615. The molecule has 1 aliphatic rings. The number of piperidine rings is 1. The molecular formula is C13H20N2O2S. The van der Waals surface area contributed by atoms with Gasteiger partial charge in [0.2, 0.25) is 0 Å². The predicted molar refractivity (Wildman–Crippen MR) is 72.9 cm³/mol. The molecular weight excluding hydrogens is 248 g/mol. The van der Waals surface area contributed by atoms with E-state index in [4.69, 9.17) is 10.5 Å². The molecule has 0 unspecified atom stereocenters. The van der Waals surface area contributed by atoms with E-state index in [1.54, 1.807) is 0 Å². The second kappa shape index (κ2) is 6.87. The number of thiophene rings is 1. The zero-order chi connectivity index (χ0) is 12.8. The van der Waals surface area contributed by atoms with Gasteiger partial charge in [0.05, 0.1) is 11.0 Å². The first kappa shape index (κ1) is 13.5. The van der Waals surface area contributed by atoms with Crippen LogP contribution in [0.5, 0.6) is 0 Å². The van der Waals surface area contributed by atoms with Crippen LogP contribution in [0, 0.1) is 0 Å². The summed E-state index contributed by atoms with van der Waals surface area (Å²) in [6.45, 7) is 3.00. The van der Waals surface area contributed by atoms with Crippen LogP contribution in [0.25, 0.3) is 0 Å². The van der Waals surface area contributed by atoms with Gasteiger partial charge in [0.15, 0.2) is 0 Å². The Morgan fingerprint density at radius 1 is 1.50 bits per heavy atom. The van der Waals surface area contributed by atoms with E-state index in [-0.39, 0.29) is 5.91 Å². The highest BCUT2D eigenvalue weighted by Crippen LogP contribution is 2.18. The molecule has 2 rings (SSSR count). The van der Waals surface area contributed by atoms with E-state index >= 15 is 0 Å². The largest absolute Gasteiger partial charge is 0.378 e. The first-order valence-corrected chi connectivity index (χ1v) is 7.33. The summed E-state index contributed by atoms with van der Waals surface area (Å²) in [6, 6.07) is 3.80. The SMILES string of the molecule is NCCCOC1CCN(C(=O)c2cccs2)CC1. The van der Waals surface area contributed by atoms with Gasteiger partial charge in [0.25, 0.3) is 5.91 Å². The Hall–Kier alpha value is -0.910. The monoisotopic (exact) mass is 268 g/mol. The average molecular weight is 268 g/mol. The van der Waals surface area contributed by atoms with E-state index in [0.29, 0.717) is 12.6 Å². The predicted octanol–water partition coefficient (Wildman–Crippen LogP) is 1.72. The smallest absolute Gasteiger partial charge is 0.263 e. The zero-order valence-corrected chi connectivity index (χ0v) is 11.3. The number of ether oxygens (including phenoxy) is 1. The maximum Gasteiger partial charge on any atom is 0.263 e. The Morgan fingerprint density at radius 2 is 2.28 bits per heavy atom. The molecule has 0 radical (unpaired) electrons. The molecule has 0 bridgehead atoms. The molecule has 0 saturated carbocycles. The minimum atomic E-state index is 0.158. The maximum atomic E-state index is 12.1. The van der Waals surface area contributed by atoms with Crippen molar-refractivity contribution in [2.45, 2.75) is 25.4 Å². The first-order valence-electron chi connectivity index (χ1n) is 6.45. The molecule has 1 aliphatic heterocycles. The Balaban J connectivity index is 1.75. The van der Waals surface area contributed by atoms with Crippen LogP contribution < -0.4 is 5.73 Å². The van der Waals surface area contributed by atoms with Gasteiger partial charge in [0, 0.05) is 19.7 Å². The number of carbonyl (C=O) groups excluding carboxylic acids is 1. The van der Waals surface area contributed by atoms with Crippen LogP contribution in [0.3, 0.4) is 0 Å². The van der Waals surface area contributed by atoms with Crippen LogP contribution in [0.15, 0.2) is 17.5 Å². The van der Waals surface area contributed by atoms with E-state index in [1.807, 2.05) is 22.4 Å². The van der Waals surface area contributed by atoms with E-state index in [9.17, 15) is 4.79 Å². The molecule has 1 aromatic heterocycles. The van der Waals surface area contributed by atoms with Gasteiger partial charge >= 0.3 is 0 Å². The third kappa shape index (κ3) is 3.54. The molecule has 1 saturated heterocycles. The number of hydrogen-bond acceptors (Lipinski definition) is 4. The van der Waals surface area contributed by atoms with Gasteiger partial charge in [-0.1, -0.05) is 6.07 Å². The lowest BCUT2D eigenvalue weighted by Gasteiger charge is -2.31. The second-order valence-electron chi connectivity index (χ2n) is 4.48. The van der Waals surface area contributed by atoms with E-state index in [1.165, 1.54) is 11.3 Å². The van der Waals surface area contributed by atoms with Crippen molar-refractivity contribution in [2.24, 2.45) is 5.73 Å². The van der Waals surface area contributed by atoms with Crippen molar-refractivity contribution in [3.05, 3.63) is 22.4 Å². The Kier molecular flexibility index (Phi) is 5.16. The van der Waals surface area contributed by atoms with E-state index in [2.05, 4.69) is 0 Å². The molecule has 5 heteroatoms. The minimum Gasteiger partial charge on any atom is -0.378 e. The molecule has 1 fully saturated rings. The van der Waals surface area contributed by atoms with Gasteiger partial charge in [-0.15, -0.1) is 11.3 Å². The Morgan fingerprint density at radius 3 is 2.89 bits per heavy atom. The van der Waals surface area contributed by atoms with Crippen molar-refractivity contribution in [3.8, 4) is 0 Å². The molecule has 0 spiro atoms. The quantitative estimate of drug-likeness (QED) is 0.827. The van der Waals surface area contributed by atoms with Gasteiger partial charge in [-0.3, -0.25) is 4.79 Å². The molecule has 0 aromatic carbocycles. The number of likely N-dealkylation sites (tertiary alicyclic amines) is 1. The third-order valence-corrected chi connectivity index (χ3v) is 4.02. The van der Waals surface area contributed by atoms with Crippen LogP contribution in [-0.2, 0) is 4.74 Å². The molecule has 0 atom stereocenters. The Labute approximate surface area is 112 Å². The molecule has 100 valence electrons. The van der Waals surface area contributed by atoms with Gasteiger partial charge in [-0.25, -0.2) is 0 Å². The van der Waals surface area contributed by atoms with E-state index in [0.717, 1.165) is 43.8 Å². The van der Waals surface area contributed by atoms with Gasteiger partial charge in [-0.2, -0.15) is 0 Å². The van der Waals surface area contributed by atoms with Crippen LogP contribution in [0.1, 0.15) is 28.9 Å². The zero-order valence-electron chi connectivity index (χ0n) is 10.5. The van der Waals surface area contributed by atoms with Crippen molar-refractivity contribution in [1.29, 1.82) is 0 Å². The minimum absolute atomic E-state index is 0.158. The van der Waals surface area contributed by atoms with Crippen molar-refractivity contribution in [2.75, 3.05) is 26.2 Å². The molecule has 4 nitrogen and oxygen atoms in total. The molecule has 1 amide bonds. The fourth-order valence-electron chi connectivity index (χ4n) is 2.11. The number of hydrogen-bond donors (Lipinski definition) is 1. The summed E-state index contributed by atoms with van der Waals surface area (Å²) < 4.78 is 5.73. The summed E-state index contributed by atoms with van der Waals surface area (Å²) in [5.41, 5.74) is 5.43. The van der Waals surface area contributed by atoms with Crippen molar-refractivity contribution < 1.29 is 9.53 Å². The van der Waals surface area contributed by atoms with E-state index < -0.39 is 0 Å². The summed E-state index contributed by atoms with van der Waals surface area (Å²) >= 11 is 1.51. The number of rotatable bonds is 5. The van der Waals surface area contributed by atoms with Crippen LogP contribution in [0.2, 0.25) is 0 Å². The fourth-order valence-corrected chi connectivity index (χ4v) is 2.81. The molecule has 1 aromatic rings. The van der Waals surface area contributed by atoms with Crippen LogP contribution in [0.4, 0.5) is 0 Å². The average Bonchev–Trinajstić information content (AvgIpc) is 2.93. The topological polar surface area (TPSA) is 55.6 Å². The Bertz CT molecular complexity index is 359. The number of nitrogens with two attached hydrogens (primary N) is 1. The molecule has 2 N–H and O–H groups in total. The van der Waals surface area contributed by atoms with Gasteiger partial charge in [-0.05, 0) is 37.3 Å². The van der Waals surface area contributed by atoms with Crippen molar-refractivity contribution >= 4 is 17.2 Å². The van der Waals surface area contributed by atoms with Crippen LogP contribution in [-0.4, -0.2) is 43.2 Å². The first-order chi connectivity index (χ1) is 8.81. The lowest BCUT2D eigenvalue weighted by Crippen LogP contribution is -2.40. The number of nitrogens with zero attached hydrogens (tertiary/aromatic N) is 1. The third-order valence-electron chi connectivity index (χ3n) is 3.16. The standard InChI is InChI=1S/C13H20N2O2S/c14-6-2-9-17-11-4-7-15(8-5-11)13(16)12-3-1-10-18-12/h1,3,10-11H,2,4-9,14H2. The normalized spacial score (nSPS) is 17.1. The van der Waals surface area contributed by atoms with Crippen LogP contribution >= 0.6 is 11.3 Å². The summed E-state index contributed by atoms with van der Waals surface area (Å²) in [5, 5.41) is 1.94. The van der Waals surface area contributed by atoms with Crippen molar-refractivity contribution in [1.82, 2.24) is 4.90 Å². The van der Waals surface area contributed by atoms with Gasteiger partial charge < -0.3 is 15.4 Å². The number of amides is 1. The summed E-state index contributed by atoms with van der Waals surface area (Å²) in [6.07, 6.45) is 3.07. The lowest BCUT2D eigenvalue weighted by atomic mass is 10.1. The molecule has 0 aliphatic carbocycles. The summed E-state index contributed by atoms with van der Waals surface area (Å²) in [4.78, 5) is 14.9.